The van der Waals surface area contributed by atoms with Gasteiger partial charge < -0.3 is 19.6 Å². The fourth-order valence-electron chi connectivity index (χ4n) is 6.20. The Labute approximate surface area is 222 Å². The van der Waals surface area contributed by atoms with Crippen LogP contribution in [0.5, 0.6) is 0 Å². The summed E-state index contributed by atoms with van der Waals surface area (Å²) >= 11 is 0. The molecule has 3 aromatic heterocycles. The number of nitrogens with zero attached hydrogens (tertiary/aromatic N) is 7. The van der Waals surface area contributed by atoms with Crippen LogP contribution < -0.4 is 9.80 Å². The number of rotatable bonds is 6. The van der Waals surface area contributed by atoms with E-state index in [1.165, 1.54) is 12.8 Å². The number of hydrogen-bond donors (Lipinski definition) is 1. The molecule has 0 radical (unpaired) electrons. The molecule has 2 saturated heterocycles. The molecule has 0 unspecified atom stereocenters. The van der Waals surface area contributed by atoms with E-state index in [0.29, 0.717) is 12.1 Å². The van der Waals surface area contributed by atoms with Gasteiger partial charge in [-0.25, -0.2) is 15.0 Å². The number of aryl methyl sites for hydroxylation is 2. The maximum absolute atomic E-state index is 10.1. The topological polar surface area (TPSA) is 91.9 Å². The van der Waals surface area contributed by atoms with Crippen molar-refractivity contribution in [3.8, 4) is 11.4 Å². The third kappa shape index (κ3) is 4.18. The van der Waals surface area contributed by atoms with Gasteiger partial charge in [-0.1, -0.05) is 6.07 Å². The zero-order chi connectivity index (χ0) is 25.8. The third-order valence-electron chi connectivity index (χ3n) is 8.30. The zero-order valence-electron chi connectivity index (χ0n) is 22.2. The van der Waals surface area contributed by atoms with Crippen LogP contribution in [-0.2, 0) is 4.74 Å². The standard InChI is InChI=1S/C29H35N7O2/c1-18-5-8-23-24(14-18)31-29(19(2)30-23)25-15-27-32-26(34-11-3-4-22(34)17-37)16-28(36(27)33-25)35(20-6-7-20)21-9-12-38-13-10-21/h5,8,14-16,20-22,37H,3-4,6-7,9-13,17H2,1-2H3/t22-/m0/s1. The fourth-order valence-corrected chi connectivity index (χ4v) is 6.20. The Balaban J connectivity index is 1.40. The van der Waals surface area contributed by atoms with Gasteiger partial charge in [0.2, 0.25) is 0 Å². The molecule has 1 atom stereocenters. The average molecular weight is 514 g/mol. The van der Waals surface area contributed by atoms with Crippen molar-refractivity contribution in [1.29, 1.82) is 0 Å². The van der Waals surface area contributed by atoms with Gasteiger partial charge in [0, 0.05) is 44.0 Å². The van der Waals surface area contributed by atoms with E-state index in [1.54, 1.807) is 0 Å². The summed E-state index contributed by atoms with van der Waals surface area (Å²) in [6.07, 6.45) is 6.48. The molecule has 38 heavy (non-hydrogen) atoms. The summed E-state index contributed by atoms with van der Waals surface area (Å²) < 4.78 is 7.73. The summed E-state index contributed by atoms with van der Waals surface area (Å²) in [4.78, 5) is 19.8. The quantitative estimate of drug-likeness (QED) is 0.413. The van der Waals surface area contributed by atoms with Gasteiger partial charge in [0.15, 0.2) is 5.65 Å². The number of aliphatic hydroxyl groups is 1. The minimum absolute atomic E-state index is 0.106. The highest BCUT2D eigenvalue weighted by Gasteiger charge is 2.37. The Bertz CT molecular complexity index is 1490. The van der Waals surface area contributed by atoms with Gasteiger partial charge in [-0.3, -0.25) is 0 Å². The monoisotopic (exact) mass is 513 g/mol. The van der Waals surface area contributed by atoms with Crippen LogP contribution in [0, 0.1) is 13.8 Å². The molecule has 0 bridgehead atoms. The second kappa shape index (κ2) is 9.47. The summed E-state index contributed by atoms with van der Waals surface area (Å²) in [7, 11) is 0. The van der Waals surface area contributed by atoms with Crippen molar-refractivity contribution in [3.05, 3.63) is 41.6 Å². The Morgan fingerprint density at radius 2 is 1.76 bits per heavy atom. The normalized spacial score (nSPS) is 20.6. The number of anilines is 2. The molecular weight excluding hydrogens is 478 g/mol. The van der Waals surface area contributed by atoms with Crippen LogP contribution in [0.25, 0.3) is 28.1 Å². The number of hydrogen-bond acceptors (Lipinski definition) is 8. The first-order chi connectivity index (χ1) is 18.6. The number of fused-ring (bicyclic) bond motifs is 2. The Morgan fingerprint density at radius 1 is 0.947 bits per heavy atom. The highest BCUT2D eigenvalue weighted by molar-refractivity contribution is 5.79. The predicted octanol–water partition coefficient (Wildman–Crippen LogP) is 4.07. The predicted molar refractivity (Wildman–Crippen MR) is 148 cm³/mol. The minimum atomic E-state index is 0.106. The molecule has 198 valence electrons. The maximum Gasteiger partial charge on any atom is 0.160 e. The van der Waals surface area contributed by atoms with Crippen molar-refractivity contribution in [2.24, 2.45) is 0 Å². The molecule has 9 heteroatoms. The summed E-state index contributed by atoms with van der Waals surface area (Å²) in [6, 6.07) is 11.5. The van der Waals surface area contributed by atoms with Gasteiger partial charge in [0.25, 0.3) is 0 Å². The largest absolute Gasteiger partial charge is 0.394 e. The lowest BCUT2D eigenvalue weighted by Gasteiger charge is -2.37. The Hall–Kier alpha value is -3.30. The first kappa shape index (κ1) is 23.8. The van der Waals surface area contributed by atoms with Gasteiger partial charge in [0.1, 0.15) is 23.0 Å². The van der Waals surface area contributed by atoms with Crippen LogP contribution in [0.3, 0.4) is 0 Å². The lowest BCUT2D eigenvalue weighted by molar-refractivity contribution is 0.0838. The maximum atomic E-state index is 10.1. The minimum Gasteiger partial charge on any atom is -0.394 e. The van der Waals surface area contributed by atoms with Gasteiger partial charge in [-0.15, -0.1) is 0 Å². The van der Waals surface area contributed by atoms with Crippen molar-refractivity contribution in [2.45, 2.75) is 70.5 Å². The Morgan fingerprint density at radius 3 is 2.55 bits per heavy atom. The molecule has 4 aromatic rings. The van der Waals surface area contributed by atoms with Crippen molar-refractivity contribution < 1.29 is 9.84 Å². The lowest BCUT2D eigenvalue weighted by Crippen LogP contribution is -2.42. The van der Waals surface area contributed by atoms with Crippen LogP contribution in [0.4, 0.5) is 11.6 Å². The second-order valence-corrected chi connectivity index (χ2v) is 11.1. The number of aliphatic hydroxyl groups excluding tert-OH is 1. The molecule has 7 rings (SSSR count). The SMILES string of the molecule is Cc1ccc2nc(C)c(-c3cc4nc(N5CCC[C@H]5CO)cc(N(C5CCOCC5)C5CC5)n4n3)nc2c1. The molecule has 1 aromatic carbocycles. The molecule has 0 spiro atoms. The molecule has 3 aliphatic rings. The number of ether oxygens (including phenoxy) is 1. The van der Waals surface area contributed by atoms with Crippen LogP contribution >= 0.6 is 0 Å². The molecule has 9 nitrogen and oxygen atoms in total. The molecule has 2 aliphatic heterocycles. The van der Waals surface area contributed by atoms with Crippen LogP contribution in [0.1, 0.15) is 49.8 Å². The second-order valence-electron chi connectivity index (χ2n) is 11.1. The summed E-state index contributed by atoms with van der Waals surface area (Å²) in [5, 5.41) is 15.2. The highest BCUT2D eigenvalue weighted by Crippen LogP contribution is 2.39. The molecular formula is C29H35N7O2. The Kier molecular flexibility index (Phi) is 5.93. The van der Waals surface area contributed by atoms with Crippen LogP contribution in [0.2, 0.25) is 0 Å². The van der Waals surface area contributed by atoms with E-state index in [0.717, 1.165) is 96.4 Å². The number of benzene rings is 1. The van der Waals surface area contributed by atoms with Crippen molar-refractivity contribution in [1.82, 2.24) is 24.6 Å². The molecule has 1 saturated carbocycles. The first-order valence-corrected chi connectivity index (χ1v) is 14.0. The van der Waals surface area contributed by atoms with Gasteiger partial charge >= 0.3 is 0 Å². The smallest absolute Gasteiger partial charge is 0.160 e. The summed E-state index contributed by atoms with van der Waals surface area (Å²) in [6.45, 7) is 6.71. The van der Waals surface area contributed by atoms with Gasteiger partial charge in [0.05, 0.1) is 29.4 Å². The van der Waals surface area contributed by atoms with E-state index in [4.69, 9.17) is 24.8 Å². The van der Waals surface area contributed by atoms with Crippen LogP contribution in [-0.4, -0.2) is 74.2 Å². The zero-order valence-corrected chi connectivity index (χ0v) is 22.2. The van der Waals surface area contributed by atoms with Gasteiger partial charge in [-0.05, 0) is 70.1 Å². The highest BCUT2D eigenvalue weighted by atomic mass is 16.5. The molecule has 5 heterocycles. The van der Waals surface area contributed by atoms with E-state index < -0.39 is 0 Å². The van der Waals surface area contributed by atoms with E-state index in [1.807, 2.05) is 23.6 Å². The van der Waals surface area contributed by atoms with E-state index in [9.17, 15) is 5.11 Å². The molecule has 0 amide bonds. The molecule has 1 N–H and O–H groups in total. The van der Waals surface area contributed by atoms with E-state index >= 15 is 0 Å². The van der Waals surface area contributed by atoms with Gasteiger partial charge in [-0.2, -0.15) is 9.61 Å². The lowest BCUT2D eigenvalue weighted by atomic mass is 10.1. The van der Waals surface area contributed by atoms with Crippen LogP contribution in [0.15, 0.2) is 30.3 Å². The van der Waals surface area contributed by atoms with E-state index in [-0.39, 0.29) is 12.6 Å². The summed E-state index contributed by atoms with van der Waals surface area (Å²) in [5.74, 6) is 2.00. The molecule has 3 fully saturated rings. The fraction of sp³-hybridized carbons (Fsp3) is 0.517. The average Bonchev–Trinajstić information content (AvgIpc) is 3.47. The van der Waals surface area contributed by atoms with Crippen molar-refractivity contribution in [2.75, 3.05) is 36.2 Å². The van der Waals surface area contributed by atoms with Crippen molar-refractivity contribution in [3.63, 3.8) is 0 Å². The first-order valence-electron chi connectivity index (χ1n) is 14.0. The van der Waals surface area contributed by atoms with Crippen molar-refractivity contribution >= 4 is 28.3 Å². The molecule has 1 aliphatic carbocycles. The third-order valence-corrected chi connectivity index (χ3v) is 8.30. The number of aromatic nitrogens is 5. The summed E-state index contributed by atoms with van der Waals surface area (Å²) in [5.41, 5.74) is 6.16. The van der Waals surface area contributed by atoms with E-state index in [2.05, 4.69) is 34.9 Å².